The molecule has 0 saturated heterocycles. The van der Waals surface area contributed by atoms with E-state index >= 15 is 0 Å². The highest BCUT2D eigenvalue weighted by Gasteiger charge is 2.20. The van der Waals surface area contributed by atoms with Gasteiger partial charge in [0.25, 0.3) is 5.91 Å². The summed E-state index contributed by atoms with van der Waals surface area (Å²) in [5.41, 5.74) is 5.17. The predicted octanol–water partition coefficient (Wildman–Crippen LogP) is 4.64. The normalized spacial score (nSPS) is 11.2. The number of carbonyl (C=O) groups is 1. The van der Waals surface area contributed by atoms with Crippen LogP contribution in [-0.2, 0) is 23.0 Å². The molecule has 0 heterocycles. The highest BCUT2D eigenvalue weighted by atomic mass is 32.2. The quantitative estimate of drug-likeness (QED) is 0.429. The summed E-state index contributed by atoms with van der Waals surface area (Å²) in [5, 5.41) is 2.84. The van der Waals surface area contributed by atoms with Gasteiger partial charge >= 0.3 is 0 Å². The molecule has 0 atom stereocenters. The lowest BCUT2D eigenvalue weighted by Gasteiger charge is -2.24. The van der Waals surface area contributed by atoms with Gasteiger partial charge in [-0.05, 0) is 67.3 Å². The molecule has 1 N–H and O–H groups in total. The largest absolute Gasteiger partial charge is 0.492 e. The number of rotatable bonds is 10. The molecule has 3 aromatic carbocycles. The van der Waals surface area contributed by atoms with Crippen molar-refractivity contribution in [1.29, 1.82) is 0 Å². The molecule has 0 aliphatic rings. The van der Waals surface area contributed by atoms with Gasteiger partial charge in [0.15, 0.2) is 0 Å². The van der Waals surface area contributed by atoms with E-state index in [9.17, 15) is 13.2 Å². The number of amides is 1. The molecule has 3 rings (SSSR count). The van der Waals surface area contributed by atoms with Crippen molar-refractivity contribution in [3.05, 3.63) is 94.5 Å². The van der Waals surface area contributed by atoms with Gasteiger partial charge in [-0.25, -0.2) is 8.42 Å². The molecule has 0 aliphatic heterocycles. The van der Waals surface area contributed by atoms with Gasteiger partial charge in [0.05, 0.1) is 25.0 Å². The number of carbonyl (C=O) groups excluding carboxylic acids is 1. The number of anilines is 1. The van der Waals surface area contributed by atoms with Gasteiger partial charge in [-0.15, -0.1) is 0 Å². The summed E-state index contributed by atoms with van der Waals surface area (Å²) in [6, 6.07) is 20.6. The van der Waals surface area contributed by atoms with E-state index in [1.165, 1.54) is 16.1 Å². The number of nitrogens with one attached hydrogen (secondary N) is 1. The van der Waals surface area contributed by atoms with Crippen LogP contribution in [0.4, 0.5) is 5.69 Å². The Morgan fingerprint density at radius 1 is 0.941 bits per heavy atom. The smallest absolute Gasteiger partial charge is 0.251 e. The maximum absolute atomic E-state index is 12.5. The molecule has 0 saturated carbocycles. The van der Waals surface area contributed by atoms with Crippen LogP contribution in [0.25, 0.3) is 0 Å². The van der Waals surface area contributed by atoms with E-state index in [0.29, 0.717) is 24.4 Å². The third-order valence-electron chi connectivity index (χ3n) is 5.55. The van der Waals surface area contributed by atoms with E-state index in [-0.39, 0.29) is 12.5 Å². The topological polar surface area (TPSA) is 75.7 Å². The maximum atomic E-state index is 12.5. The molecule has 1 amide bonds. The van der Waals surface area contributed by atoms with Crippen LogP contribution in [0.5, 0.6) is 5.75 Å². The minimum atomic E-state index is -3.48. The lowest BCUT2D eigenvalue weighted by Crippen LogP contribution is -2.30. The van der Waals surface area contributed by atoms with Gasteiger partial charge in [0.2, 0.25) is 10.0 Å². The zero-order valence-corrected chi connectivity index (χ0v) is 21.0. The molecule has 0 aliphatic carbocycles. The predicted molar refractivity (Wildman–Crippen MR) is 137 cm³/mol. The summed E-state index contributed by atoms with van der Waals surface area (Å²) in [4.78, 5) is 12.5. The zero-order valence-electron chi connectivity index (χ0n) is 20.2. The number of hydrogen-bond donors (Lipinski definition) is 1. The van der Waals surface area contributed by atoms with Crippen molar-refractivity contribution in [2.45, 2.75) is 33.7 Å². The fraction of sp³-hybridized carbons (Fsp3) is 0.296. The van der Waals surface area contributed by atoms with Gasteiger partial charge in [0.1, 0.15) is 12.4 Å². The van der Waals surface area contributed by atoms with Crippen LogP contribution in [-0.4, -0.2) is 33.7 Å². The Bertz CT molecular complexity index is 1220. The summed E-state index contributed by atoms with van der Waals surface area (Å²) in [7, 11) is -3.48. The molecule has 0 bridgehead atoms. The summed E-state index contributed by atoms with van der Waals surface area (Å²) in [6.07, 6.45) is 2.18. The van der Waals surface area contributed by atoms with Gasteiger partial charge in [-0.3, -0.25) is 9.10 Å². The van der Waals surface area contributed by atoms with Gasteiger partial charge in [0, 0.05) is 5.56 Å². The second-order valence-corrected chi connectivity index (χ2v) is 10.3. The first-order valence-corrected chi connectivity index (χ1v) is 13.2. The number of hydrogen-bond acceptors (Lipinski definition) is 4. The molecule has 6 nitrogen and oxygen atoms in total. The van der Waals surface area contributed by atoms with Crippen molar-refractivity contribution in [3.63, 3.8) is 0 Å². The number of sulfonamides is 1. The van der Waals surface area contributed by atoms with E-state index < -0.39 is 10.0 Å². The van der Waals surface area contributed by atoms with Crippen molar-refractivity contribution < 1.29 is 17.9 Å². The summed E-state index contributed by atoms with van der Waals surface area (Å²) in [6.45, 7) is 6.91. The van der Waals surface area contributed by atoms with Crippen LogP contribution in [0.3, 0.4) is 0 Å². The molecule has 0 unspecified atom stereocenters. The lowest BCUT2D eigenvalue weighted by molar-refractivity contribution is 0.0947. The minimum Gasteiger partial charge on any atom is -0.492 e. The monoisotopic (exact) mass is 480 g/mol. The second kappa shape index (κ2) is 11.2. The summed E-state index contributed by atoms with van der Waals surface area (Å²) >= 11 is 0. The van der Waals surface area contributed by atoms with Crippen molar-refractivity contribution in [1.82, 2.24) is 5.32 Å². The Kier molecular flexibility index (Phi) is 8.34. The Balaban J connectivity index is 1.57. The molecule has 3 aromatic rings. The van der Waals surface area contributed by atoms with Gasteiger partial charge < -0.3 is 10.1 Å². The molecule has 0 spiro atoms. The number of aryl methyl sites for hydroxylation is 3. The minimum absolute atomic E-state index is 0.190. The Hall–Kier alpha value is -3.32. The molecule has 0 fully saturated rings. The van der Waals surface area contributed by atoms with E-state index in [1.54, 1.807) is 24.3 Å². The van der Waals surface area contributed by atoms with Crippen molar-refractivity contribution in [2.75, 3.05) is 23.7 Å². The first-order valence-electron chi connectivity index (χ1n) is 11.3. The van der Waals surface area contributed by atoms with Crippen LogP contribution in [0.15, 0.2) is 66.7 Å². The van der Waals surface area contributed by atoms with Crippen LogP contribution < -0.4 is 14.4 Å². The maximum Gasteiger partial charge on any atom is 0.251 e. The zero-order chi connectivity index (χ0) is 24.7. The fourth-order valence-electron chi connectivity index (χ4n) is 3.65. The first kappa shape index (κ1) is 25.3. The second-order valence-electron chi connectivity index (χ2n) is 8.36. The highest BCUT2D eigenvalue weighted by molar-refractivity contribution is 7.92. The van der Waals surface area contributed by atoms with Crippen LogP contribution in [0.2, 0.25) is 0 Å². The Morgan fingerprint density at radius 2 is 1.59 bits per heavy atom. The molecule has 34 heavy (non-hydrogen) atoms. The molecule has 0 radical (unpaired) electrons. The van der Waals surface area contributed by atoms with E-state index in [2.05, 4.69) is 12.2 Å². The van der Waals surface area contributed by atoms with E-state index in [0.717, 1.165) is 28.9 Å². The number of nitrogens with zero attached hydrogens (tertiary/aromatic N) is 1. The van der Waals surface area contributed by atoms with E-state index in [4.69, 9.17) is 4.74 Å². The van der Waals surface area contributed by atoms with Crippen LogP contribution in [0, 0.1) is 13.8 Å². The van der Waals surface area contributed by atoms with Gasteiger partial charge in [-0.2, -0.15) is 0 Å². The molecule has 7 heteroatoms. The van der Waals surface area contributed by atoms with E-state index in [1.807, 2.05) is 56.3 Å². The molecule has 180 valence electrons. The lowest BCUT2D eigenvalue weighted by atomic mass is 10.1. The average molecular weight is 481 g/mol. The standard InChI is InChI=1S/C27H32N2O4S/c1-5-22-9-13-25(14-10-22)33-17-16-28-27(30)24-11-7-23(8-12-24)19-29(34(4,31)32)26-15-6-20(2)18-21(26)3/h6-15,18H,5,16-17,19H2,1-4H3,(H,28,30). The molecular formula is C27H32N2O4S. The van der Waals surface area contributed by atoms with Gasteiger partial charge in [-0.1, -0.05) is 48.9 Å². The summed E-state index contributed by atoms with van der Waals surface area (Å²) in [5.74, 6) is 0.570. The van der Waals surface area contributed by atoms with Crippen molar-refractivity contribution >= 4 is 21.6 Å². The summed E-state index contributed by atoms with van der Waals surface area (Å²) < 4.78 is 32.0. The van der Waals surface area contributed by atoms with Crippen LogP contribution >= 0.6 is 0 Å². The number of benzene rings is 3. The van der Waals surface area contributed by atoms with Crippen LogP contribution in [0.1, 0.15) is 39.5 Å². The van der Waals surface area contributed by atoms with Crippen molar-refractivity contribution in [2.24, 2.45) is 0 Å². The highest BCUT2D eigenvalue weighted by Crippen LogP contribution is 2.25. The molecule has 0 aromatic heterocycles. The average Bonchev–Trinajstić information content (AvgIpc) is 2.81. The third kappa shape index (κ3) is 6.84. The Labute approximate surface area is 202 Å². The Morgan fingerprint density at radius 3 is 2.18 bits per heavy atom. The first-order chi connectivity index (χ1) is 16.2. The fourth-order valence-corrected chi connectivity index (χ4v) is 4.60. The number of ether oxygens (including phenoxy) is 1. The van der Waals surface area contributed by atoms with Crippen molar-refractivity contribution in [3.8, 4) is 5.75 Å². The molecular weight excluding hydrogens is 448 g/mol. The SMILES string of the molecule is CCc1ccc(OCCNC(=O)c2ccc(CN(c3ccc(C)cc3C)S(C)(=O)=O)cc2)cc1. The third-order valence-corrected chi connectivity index (χ3v) is 6.68.